The smallest absolute Gasteiger partial charge is 0.287 e. The van der Waals surface area contributed by atoms with Gasteiger partial charge in [-0.15, -0.1) is 0 Å². The fourth-order valence-electron chi connectivity index (χ4n) is 3.87. The molecule has 0 radical (unpaired) electrons. The number of imide groups is 1. The molecule has 0 spiro atoms. The molecule has 3 amide bonds. The molecule has 9 nitrogen and oxygen atoms in total. The lowest BCUT2D eigenvalue weighted by atomic mass is 10.0. The van der Waals surface area contributed by atoms with Crippen molar-refractivity contribution in [2.45, 2.75) is 19.9 Å². The number of rotatable bonds is 6. The minimum absolute atomic E-state index is 0.0417. The van der Waals surface area contributed by atoms with E-state index >= 15 is 0 Å². The quantitative estimate of drug-likeness (QED) is 0.217. The molecular formula is C25H18ClN3O6. The fraction of sp³-hybridized carbons (Fsp3) is 0.120. The average molecular weight is 492 g/mol. The zero-order chi connectivity index (χ0) is 25.4. The number of Topliss-reactive ketones (excluding diaryl/α,β-unsaturated/α-hetero) is 1. The van der Waals surface area contributed by atoms with Crippen molar-refractivity contribution in [1.29, 1.82) is 0 Å². The van der Waals surface area contributed by atoms with Crippen LogP contribution in [0.2, 0.25) is 5.02 Å². The number of fused-ring (bicyclic) bond motifs is 1. The molecule has 0 unspecified atom stereocenters. The maximum Gasteiger partial charge on any atom is 0.287 e. The Morgan fingerprint density at radius 3 is 2.26 bits per heavy atom. The van der Waals surface area contributed by atoms with Gasteiger partial charge in [0.25, 0.3) is 23.4 Å². The molecular weight excluding hydrogens is 474 g/mol. The van der Waals surface area contributed by atoms with Crippen LogP contribution in [0, 0.1) is 17.0 Å². The van der Waals surface area contributed by atoms with Crippen molar-refractivity contribution < 1.29 is 24.1 Å². The largest absolute Gasteiger partial charge is 0.292 e. The summed E-state index contributed by atoms with van der Waals surface area (Å²) in [5.41, 5.74) is -0.158. The van der Waals surface area contributed by atoms with Crippen LogP contribution in [0.1, 0.15) is 53.9 Å². The number of halogens is 1. The number of carbonyl (C=O) groups excluding carboxylic acids is 4. The van der Waals surface area contributed by atoms with Crippen LogP contribution < -0.4 is 0 Å². The van der Waals surface area contributed by atoms with Crippen LogP contribution in [0.5, 0.6) is 0 Å². The van der Waals surface area contributed by atoms with Crippen molar-refractivity contribution in [1.82, 2.24) is 10.0 Å². The van der Waals surface area contributed by atoms with E-state index in [9.17, 15) is 29.3 Å². The van der Waals surface area contributed by atoms with Crippen LogP contribution in [0.15, 0.2) is 66.7 Å². The number of ketones is 1. The van der Waals surface area contributed by atoms with Gasteiger partial charge in [-0.2, -0.15) is 5.01 Å². The van der Waals surface area contributed by atoms with Crippen LogP contribution in [-0.2, 0) is 0 Å². The first-order valence-corrected chi connectivity index (χ1v) is 10.9. The zero-order valence-electron chi connectivity index (χ0n) is 18.6. The Balaban J connectivity index is 1.85. The van der Waals surface area contributed by atoms with Gasteiger partial charge in [-0.25, -0.2) is 5.01 Å². The predicted octanol–water partition coefficient (Wildman–Crippen LogP) is 4.48. The summed E-state index contributed by atoms with van der Waals surface area (Å²) in [7, 11) is 0. The van der Waals surface area contributed by atoms with Gasteiger partial charge in [0.1, 0.15) is 11.6 Å². The van der Waals surface area contributed by atoms with E-state index < -0.39 is 45.7 Å². The summed E-state index contributed by atoms with van der Waals surface area (Å²) >= 11 is 6.21. The van der Waals surface area contributed by atoms with Crippen molar-refractivity contribution >= 4 is 40.8 Å². The Bertz CT molecular complexity index is 1400. The summed E-state index contributed by atoms with van der Waals surface area (Å²) in [4.78, 5) is 64.4. The third kappa shape index (κ3) is 4.06. The van der Waals surface area contributed by atoms with E-state index in [4.69, 9.17) is 11.6 Å². The van der Waals surface area contributed by atoms with Crippen molar-refractivity contribution in [2.75, 3.05) is 0 Å². The Hall–Kier alpha value is -4.37. The molecule has 3 aromatic rings. The number of hydrazine groups is 1. The molecule has 0 fully saturated rings. The number of hydrogen-bond donors (Lipinski definition) is 0. The van der Waals surface area contributed by atoms with E-state index in [-0.39, 0.29) is 21.7 Å². The van der Waals surface area contributed by atoms with Gasteiger partial charge in [-0.05, 0) is 32.0 Å². The second-order valence-electron chi connectivity index (χ2n) is 7.91. The highest BCUT2D eigenvalue weighted by molar-refractivity contribution is 6.34. The van der Waals surface area contributed by atoms with Crippen LogP contribution in [0.3, 0.4) is 0 Å². The fourth-order valence-corrected chi connectivity index (χ4v) is 4.09. The van der Waals surface area contributed by atoms with E-state index in [2.05, 4.69) is 0 Å². The number of amides is 3. The molecule has 0 bridgehead atoms. The standard InChI is InChI=1S/C25H18ClN3O6/c1-14-10-12-16(13-11-14)22(30)15(2)27(23(31)17-6-3-4-8-19(17)26)28-24(32)18-7-5-9-20(29(34)35)21(18)25(28)33/h3-13,15H,1-2H3/t15-/m1/s1. The molecule has 0 aromatic heterocycles. The van der Waals surface area contributed by atoms with Gasteiger partial charge in [0.15, 0.2) is 5.78 Å². The first-order chi connectivity index (χ1) is 16.6. The Morgan fingerprint density at radius 2 is 1.63 bits per heavy atom. The lowest BCUT2D eigenvalue weighted by Gasteiger charge is -2.34. The highest BCUT2D eigenvalue weighted by Crippen LogP contribution is 2.33. The highest BCUT2D eigenvalue weighted by atomic mass is 35.5. The maximum absolute atomic E-state index is 13.7. The number of benzene rings is 3. The normalized spacial score (nSPS) is 13.4. The summed E-state index contributed by atoms with van der Waals surface area (Å²) in [6.07, 6.45) is 0. The Kier molecular flexibility index (Phi) is 6.19. The first-order valence-electron chi connectivity index (χ1n) is 10.5. The number of nitrogens with zero attached hydrogens (tertiary/aromatic N) is 3. The summed E-state index contributed by atoms with van der Waals surface area (Å²) in [5.74, 6) is -3.48. The predicted molar refractivity (Wildman–Crippen MR) is 126 cm³/mol. The third-order valence-corrected chi connectivity index (χ3v) is 6.01. The lowest BCUT2D eigenvalue weighted by Crippen LogP contribution is -2.56. The molecule has 10 heteroatoms. The van der Waals surface area contributed by atoms with Gasteiger partial charge < -0.3 is 0 Å². The van der Waals surface area contributed by atoms with Gasteiger partial charge in [-0.3, -0.25) is 29.3 Å². The highest BCUT2D eigenvalue weighted by Gasteiger charge is 2.48. The molecule has 1 aliphatic heterocycles. The number of aryl methyl sites for hydroxylation is 1. The monoisotopic (exact) mass is 491 g/mol. The molecule has 0 saturated carbocycles. The van der Waals surface area contributed by atoms with E-state index in [1.54, 1.807) is 30.3 Å². The SMILES string of the molecule is Cc1ccc(C(=O)[C@@H](C)N(C(=O)c2ccccc2Cl)N2C(=O)c3cccc([N+](=O)[O-])c3C2=O)cc1. The molecule has 1 atom stereocenters. The van der Waals surface area contributed by atoms with Gasteiger partial charge >= 0.3 is 0 Å². The van der Waals surface area contributed by atoms with Gasteiger partial charge in [0.05, 0.1) is 21.1 Å². The van der Waals surface area contributed by atoms with Gasteiger partial charge in [0.2, 0.25) is 0 Å². The van der Waals surface area contributed by atoms with Crippen LogP contribution in [0.4, 0.5) is 5.69 Å². The second-order valence-corrected chi connectivity index (χ2v) is 8.32. The molecule has 0 saturated heterocycles. The lowest BCUT2D eigenvalue weighted by molar-refractivity contribution is -0.385. The van der Waals surface area contributed by atoms with Crippen LogP contribution in [0.25, 0.3) is 0 Å². The molecule has 1 aliphatic rings. The van der Waals surface area contributed by atoms with Crippen molar-refractivity contribution in [2.24, 2.45) is 0 Å². The van der Waals surface area contributed by atoms with Gasteiger partial charge in [0, 0.05) is 11.6 Å². The minimum atomic E-state index is -1.33. The molecule has 176 valence electrons. The van der Waals surface area contributed by atoms with E-state index in [1.807, 2.05) is 6.92 Å². The Morgan fingerprint density at radius 1 is 0.971 bits per heavy atom. The van der Waals surface area contributed by atoms with Gasteiger partial charge in [-0.1, -0.05) is 59.6 Å². The molecule has 0 aliphatic carbocycles. The average Bonchev–Trinajstić information content (AvgIpc) is 3.09. The molecule has 4 rings (SSSR count). The zero-order valence-corrected chi connectivity index (χ0v) is 19.4. The third-order valence-electron chi connectivity index (χ3n) is 5.68. The van der Waals surface area contributed by atoms with Crippen molar-refractivity contribution in [3.8, 4) is 0 Å². The topological polar surface area (TPSA) is 118 Å². The molecule has 3 aromatic carbocycles. The van der Waals surface area contributed by atoms with Crippen molar-refractivity contribution in [3.63, 3.8) is 0 Å². The Labute approximate surface area is 204 Å². The first kappa shape index (κ1) is 23.8. The number of carbonyl (C=O) groups is 4. The van der Waals surface area contributed by atoms with Crippen LogP contribution in [-0.4, -0.2) is 44.5 Å². The van der Waals surface area contributed by atoms with E-state index in [0.717, 1.165) is 16.6 Å². The summed E-state index contributed by atoms with van der Waals surface area (Å²) in [6, 6.07) is 14.8. The number of nitro groups is 1. The summed E-state index contributed by atoms with van der Waals surface area (Å²) in [6.45, 7) is 3.21. The number of nitro benzene ring substituents is 1. The molecule has 1 heterocycles. The number of hydrogen-bond acceptors (Lipinski definition) is 6. The van der Waals surface area contributed by atoms with E-state index in [0.29, 0.717) is 5.01 Å². The van der Waals surface area contributed by atoms with Crippen LogP contribution >= 0.6 is 11.6 Å². The maximum atomic E-state index is 13.7. The molecule has 35 heavy (non-hydrogen) atoms. The molecule has 0 N–H and O–H groups in total. The summed E-state index contributed by atoms with van der Waals surface area (Å²) in [5, 5.41) is 12.8. The summed E-state index contributed by atoms with van der Waals surface area (Å²) < 4.78 is 0. The minimum Gasteiger partial charge on any atom is -0.292 e. The second kappa shape index (κ2) is 9.11. The van der Waals surface area contributed by atoms with Crippen molar-refractivity contribution in [3.05, 3.63) is 110 Å². The van der Waals surface area contributed by atoms with E-state index in [1.165, 1.54) is 37.3 Å².